The van der Waals surface area contributed by atoms with Gasteiger partial charge in [0.25, 0.3) is 20.1 Å². The lowest BCUT2D eigenvalue weighted by Crippen LogP contribution is -2.20. The van der Waals surface area contributed by atoms with Crippen LogP contribution in [0.5, 0.6) is 0 Å². The Morgan fingerprint density at radius 3 is 1.80 bits per heavy atom. The van der Waals surface area contributed by atoms with Gasteiger partial charge in [-0.05, 0) is 0 Å². The first-order chi connectivity index (χ1) is 4.42. The van der Waals surface area contributed by atoms with E-state index in [1.165, 1.54) is 6.92 Å². The average molecular weight is 164 g/mol. The summed E-state index contributed by atoms with van der Waals surface area (Å²) in [4.78, 5) is 20.7. The van der Waals surface area contributed by atoms with E-state index in [4.69, 9.17) is 0 Å². The molecule has 0 fully saturated rings. The van der Waals surface area contributed by atoms with Crippen LogP contribution in [-0.4, -0.2) is 18.6 Å². The van der Waals surface area contributed by atoms with Crippen molar-refractivity contribution in [3.63, 3.8) is 0 Å². The molecule has 0 radical (unpaired) electrons. The van der Waals surface area contributed by atoms with Gasteiger partial charge in [0.1, 0.15) is 0 Å². The van der Waals surface area contributed by atoms with Gasteiger partial charge in [-0.15, -0.1) is 0 Å². The molecule has 0 aliphatic carbocycles. The third kappa shape index (κ3) is 1.63. The molecule has 0 N–H and O–H groups in total. The van der Waals surface area contributed by atoms with Crippen molar-refractivity contribution in [3.05, 3.63) is 0 Å². The maximum Gasteiger partial charge on any atom is 0.273 e. The van der Waals surface area contributed by atoms with E-state index < -0.39 is 20.1 Å². The zero-order valence-corrected chi connectivity index (χ0v) is 6.56. The topological polar surface area (TPSA) is 68.3 Å². The van der Waals surface area contributed by atoms with Crippen LogP contribution in [0, 0.1) is 0 Å². The second kappa shape index (κ2) is 2.92. The van der Waals surface area contributed by atoms with Crippen LogP contribution in [0.4, 0.5) is 0 Å². The minimum atomic E-state index is -4.10. The molecule has 0 atom stereocenters. The largest absolute Gasteiger partial charge is 0.282 e. The molecule has 0 unspecified atom stereocenters. The minimum Gasteiger partial charge on any atom is -0.282 e. The van der Waals surface area contributed by atoms with Gasteiger partial charge in [-0.25, -0.2) is 8.42 Å². The Balaban J connectivity index is 4.78. The second-order valence-corrected chi connectivity index (χ2v) is 3.76. The molecule has 0 amide bonds. The number of carbonyl (C=O) groups is 2. The number of hydrogen-bond donors (Lipinski definition) is 0. The van der Waals surface area contributed by atoms with Crippen LogP contribution < -0.4 is 0 Å². The quantitative estimate of drug-likeness (QED) is 0.542. The van der Waals surface area contributed by atoms with Crippen LogP contribution in [0.25, 0.3) is 0 Å². The molecule has 0 aromatic heterocycles. The number of rotatable bonds is 1. The van der Waals surface area contributed by atoms with Crippen molar-refractivity contribution in [1.29, 1.82) is 0 Å². The van der Waals surface area contributed by atoms with E-state index in [1.807, 2.05) is 0 Å². The van der Waals surface area contributed by atoms with E-state index >= 15 is 0 Å². The fourth-order valence-corrected chi connectivity index (χ4v) is 1.05. The molecule has 0 aliphatic heterocycles. The van der Waals surface area contributed by atoms with Crippen molar-refractivity contribution in [1.82, 2.24) is 0 Å². The van der Waals surface area contributed by atoms with Crippen molar-refractivity contribution < 1.29 is 18.0 Å². The second-order valence-electron chi connectivity index (χ2n) is 1.72. The maximum absolute atomic E-state index is 10.6. The summed E-state index contributed by atoms with van der Waals surface area (Å²) in [5.74, 6) is 0. The molecule has 4 nitrogen and oxygen atoms in total. The maximum atomic E-state index is 10.6. The van der Waals surface area contributed by atoms with Crippen LogP contribution in [0.15, 0.2) is 0 Å². The molecule has 0 saturated heterocycles. The Morgan fingerprint density at radius 2 is 1.70 bits per heavy atom. The molecule has 0 aromatic carbocycles. The summed E-state index contributed by atoms with van der Waals surface area (Å²) in [5, 5.41) is -2.10. The predicted molar refractivity (Wildman–Crippen MR) is 34.9 cm³/mol. The van der Waals surface area contributed by atoms with Gasteiger partial charge in [-0.3, -0.25) is 9.59 Å². The van der Waals surface area contributed by atoms with Gasteiger partial charge in [-0.2, -0.15) is 0 Å². The van der Waals surface area contributed by atoms with Crippen molar-refractivity contribution >= 4 is 20.1 Å². The highest BCUT2D eigenvalue weighted by molar-refractivity contribution is 8.18. The minimum absolute atomic E-state index is 0.151. The van der Waals surface area contributed by atoms with Gasteiger partial charge in [0, 0.05) is 13.3 Å². The van der Waals surface area contributed by atoms with Gasteiger partial charge in [0.05, 0.1) is 0 Å². The molecule has 5 heteroatoms. The van der Waals surface area contributed by atoms with E-state index in [9.17, 15) is 18.0 Å². The van der Waals surface area contributed by atoms with Crippen LogP contribution in [-0.2, 0) is 19.4 Å². The molecule has 0 rings (SSSR count). The van der Waals surface area contributed by atoms with Gasteiger partial charge in [-0.1, -0.05) is 6.92 Å². The van der Waals surface area contributed by atoms with Gasteiger partial charge in [0.15, 0.2) is 0 Å². The molecule has 0 heterocycles. The molecule has 0 saturated carbocycles. The highest BCUT2D eigenvalue weighted by Crippen LogP contribution is 1.96. The van der Waals surface area contributed by atoms with Gasteiger partial charge < -0.3 is 0 Å². The molecule has 0 spiro atoms. The highest BCUT2D eigenvalue weighted by Gasteiger charge is 2.24. The number of hydrogen-bond acceptors (Lipinski definition) is 4. The van der Waals surface area contributed by atoms with Crippen molar-refractivity contribution in [3.8, 4) is 0 Å². The number of sulfone groups is 1. The van der Waals surface area contributed by atoms with Crippen molar-refractivity contribution in [2.45, 2.75) is 20.3 Å². The zero-order valence-electron chi connectivity index (χ0n) is 5.75. The van der Waals surface area contributed by atoms with Crippen LogP contribution in [0.3, 0.4) is 0 Å². The Morgan fingerprint density at radius 1 is 1.30 bits per heavy atom. The smallest absolute Gasteiger partial charge is 0.273 e. The summed E-state index contributed by atoms with van der Waals surface area (Å²) in [6.07, 6.45) is -0.151. The first kappa shape index (κ1) is 9.29. The molecule has 0 aliphatic rings. The van der Waals surface area contributed by atoms with Crippen LogP contribution in [0.1, 0.15) is 20.3 Å². The van der Waals surface area contributed by atoms with Crippen LogP contribution in [0.2, 0.25) is 0 Å². The first-order valence-electron chi connectivity index (χ1n) is 2.71. The third-order valence-corrected chi connectivity index (χ3v) is 2.61. The number of carbonyl (C=O) groups excluding carboxylic acids is 2. The zero-order chi connectivity index (χ0) is 8.36. The van der Waals surface area contributed by atoms with Crippen LogP contribution >= 0.6 is 0 Å². The normalized spacial score (nSPS) is 11.0. The molecular weight excluding hydrogens is 156 g/mol. The van der Waals surface area contributed by atoms with E-state index in [1.54, 1.807) is 0 Å². The monoisotopic (exact) mass is 164 g/mol. The van der Waals surface area contributed by atoms with Gasteiger partial charge in [0.2, 0.25) is 0 Å². The van der Waals surface area contributed by atoms with Crippen molar-refractivity contribution in [2.75, 3.05) is 0 Å². The molecule has 58 valence electrons. The molecule has 0 aromatic rings. The highest BCUT2D eigenvalue weighted by atomic mass is 32.2. The summed E-state index contributed by atoms with van der Waals surface area (Å²) < 4.78 is 21.1. The fraction of sp³-hybridized carbons (Fsp3) is 0.600. The van der Waals surface area contributed by atoms with E-state index in [2.05, 4.69) is 0 Å². The summed E-state index contributed by atoms with van der Waals surface area (Å²) in [6.45, 7) is 2.26. The lowest BCUT2D eigenvalue weighted by atomic mass is 10.6. The van der Waals surface area contributed by atoms with Gasteiger partial charge >= 0.3 is 0 Å². The summed E-state index contributed by atoms with van der Waals surface area (Å²) in [6, 6.07) is 0. The SMILES string of the molecule is CCC(=O)S(=O)(=O)C(C)=O. The summed E-state index contributed by atoms with van der Waals surface area (Å²) in [7, 11) is -4.10. The van der Waals surface area contributed by atoms with E-state index in [-0.39, 0.29) is 6.42 Å². The summed E-state index contributed by atoms with van der Waals surface area (Å²) in [5.41, 5.74) is 0. The average Bonchev–Trinajstić information content (AvgIpc) is 1.86. The Hall–Kier alpha value is -0.710. The predicted octanol–water partition coefficient (Wildman–Crippen LogP) is -0.116. The Labute approximate surface area is 59.1 Å². The Bertz CT molecular complexity index is 249. The standard InChI is InChI=1S/C5H8O4S/c1-3-5(7)10(8,9)4(2)6/h3H2,1-2H3. The third-order valence-electron chi connectivity index (χ3n) is 0.967. The lowest BCUT2D eigenvalue weighted by Gasteiger charge is -1.92. The van der Waals surface area contributed by atoms with E-state index in [0.29, 0.717) is 0 Å². The molecular formula is C5H8O4S. The van der Waals surface area contributed by atoms with Crippen molar-refractivity contribution in [2.24, 2.45) is 0 Å². The summed E-state index contributed by atoms with van der Waals surface area (Å²) >= 11 is 0. The molecule has 10 heavy (non-hydrogen) atoms. The lowest BCUT2D eigenvalue weighted by molar-refractivity contribution is -0.113. The van der Waals surface area contributed by atoms with E-state index in [0.717, 1.165) is 6.92 Å². The molecule has 0 bridgehead atoms. The Kier molecular flexibility index (Phi) is 2.71. The fourth-order valence-electron chi connectivity index (χ4n) is 0.350. The first-order valence-corrected chi connectivity index (χ1v) is 4.19.